The number of aliphatic carboxylic acids is 1. The lowest BCUT2D eigenvalue weighted by atomic mass is 9.87. The molecule has 1 atom stereocenters. The minimum absolute atomic E-state index is 0.0455. The van der Waals surface area contributed by atoms with Gasteiger partial charge in [0.15, 0.2) is 0 Å². The number of alkyl halides is 3. The van der Waals surface area contributed by atoms with Gasteiger partial charge in [0.1, 0.15) is 12.3 Å². The molecule has 4 rings (SSSR count). The van der Waals surface area contributed by atoms with Gasteiger partial charge in [-0.3, -0.25) is 15.0 Å². The van der Waals surface area contributed by atoms with E-state index in [1.54, 1.807) is 35.6 Å². The highest BCUT2D eigenvalue weighted by Gasteiger charge is 2.38. The number of carbonyl (C=O) groups excluding carboxylic acids is 2. The second-order valence-electron chi connectivity index (χ2n) is 10.2. The number of nitrogen functional groups attached to an aromatic ring is 1. The number of hydrogen-bond acceptors (Lipinski definition) is 6. The quantitative estimate of drug-likeness (QED) is 0.0832. The van der Waals surface area contributed by atoms with Gasteiger partial charge in [-0.05, 0) is 104 Å². The van der Waals surface area contributed by atoms with Gasteiger partial charge < -0.3 is 26.8 Å². The Morgan fingerprint density at radius 2 is 1.67 bits per heavy atom. The van der Waals surface area contributed by atoms with Crippen LogP contribution in [0.5, 0.6) is 0 Å². The molecule has 250 valence electrons. The number of piperidine rings is 1. The molecule has 1 saturated heterocycles. The van der Waals surface area contributed by atoms with Crippen LogP contribution in [-0.4, -0.2) is 48.0 Å². The number of halogens is 4. The van der Waals surface area contributed by atoms with Crippen molar-refractivity contribution in [3.8, 4) is 10.4 Å². The lowest BCUT2D eigenvalue weighted by molar-refractivity contribution is -0.192. The van der Waals surface area contributed by atoms with Crippen molar-refractivity contribution in [2.75, 3.05) is 18.4 Å². The van der Waals surface area contributed by atoms with Crippen molar-refractivity contribution in [1.29, 1.82) is 5.41 Å². The molecule has 0 spiro atoms. The molecule has 3 aromatic rings. The molecule has 2 aromatic carbocycles. The molecule has 14 heteroatoms. The van der Waals surface area contributed by atoms with Gasteiger partial charge in [0.05, 0.1) is 10.4 Å². The van der Waals surface area contributed by atoms with Crippen LogP contribution in [0.2, 0.25) is 4.34 Å². The zero-order valence-corrected chi connectivity index (χ0v) is 27.3. The molecule has 0 radical (unpaired) electrons. The Balaban J connectivity index is 0.000000724. The fourth-order valence-electron chi connectivity index (χ4n) is 4.59. The zero-order valence-electron chi connectivity index (χ0n) is 25.8. The Morgan fingerprint density at radius 1 is 1.07 bits per heavy atom. The minimum atomic E-state index is -5.08. The number of thiophene rings is 1. The summed E-state index contributed by atoms with van der Waals surface area (Å²) in [6.07, 6.45) is -2.02. The van der Waals surface area contributed by atoms with E-state index in [0.29, 0.717) is 17.2 Å². The van der Waals surface area contributed by atoms with Crippen LogP contribution in [0.15, 0.2) is 54.6 Å². The number of carboxylic acids is 1. The topological polar surface area (TPSA) is 157 Å². The number of anilines is 1. The van der Waals surface area contributed by atoms with E-state index in [2.05, 4.69) is 40.2 Å². The second kappa shape index (κ2) is 18.3. The summed E-state index contributed by atoms with van der Waals surface area (Å²) < 4.78 is 32.5. The standard InChI is InChI=1S/C28H32ClN5O2S.C2HF3O2.C2H6/c1-17(33-26(35)16-27(36)34-22-6-4-19(5-7-22)28(30)31)20-2-3-21(14-18-10-12-32-13-11-18)23(15-20)24-8-9-25(29)37-24;3-2(4,5)1(6)7;1-2/h2-9,15,17-18,32H,10-14,16H2,1H3,(H3,30,31)(H,33,35)(H,34,36);(H,6,7);1-2H3. The van der Waals surface area contributed by atoms with Crippen molar-refractivity contribution in [3.63, 3.8) is 0 Å². The molecule has 2 heterocycles. The molecule has 0 saturated carbocycles. The van der Waals surface area contributed by atoms with Crippen LogP contribution in [0.1, 0.15) is 62.8 Å². The molecule has 0 bridgehead atoms. The van der Waals surface area contributed by atoms with Gasteiger partial charge in [-0.15, -0.1) is 11.3 Å². The van der Waals surface area contributed by atoms with Crippen molar-refractivity contribution in [2.45, 2.75) is 58.7 Å². The van der Waals surface area contributed by atoms with Crippen LogP contribution in [-0.2, 0) is 20.8 Å². The van der Waals surface area contributed by atoms with Crippen molar-refractivity contribution in [1.82, 2.24) is 10.6 Å². The lowest BCUT2D eigenvalue weighted by Gasteiger charge is -2.24. The summed E-state index contributed by atoms with van der Waals surface area (Å²) in [6, 6.07) is 16.7. The van der Waals surface area contributed by atoms with Crippen molar-refractivity contribution < 1.29 is 32.7 Å². The average molecular weight is 682 g/mol. The fraction of sp³-hybridized carbons (Fsp3) is 0.375. The second-order valence-corrected chi connectivity index (χ2v) is 11.9. The summed E-state index contributed by atoms with van der Waals surface area (Å²) in [6.45, 7) is 8.04. The first-order chi connectivity index (χ1) is 21.7. The highest BCUT2D eigenvalue weighted by atomic mass is 35.5. The van der Waals surface area contributed by atoms with Crippen LogP contribution < -0.4 is 21.7 Å². The van der Waals surface area contributed by atoms with Crippen LogP contribution in [0.3, 0.4) is 0 Å². The van der Waals surface area contributed by atoms with E-state index in [-0.39, 0.29) is 24.2 Å². The van der Waals surface area contributed by atoms with E-state index in [4.69, 9.17) is 32.6 Å². The molecular weight excluding hydrogens is 643 g/mol. The van der Waals surface area contributed by atoms with E-state index in [1.165, 1.54) is 18.4 Å². The number of carbonyl (C=O) groups is 3. The molecular formula is C32H39ClF3N5O4S. The summed E-state index contributed by atoms with van der Waals surface area (Å²) in [5.74, 6) is -2.92. The predicted molar refractivity (Wildman–Crippen MR) is 176 cm³/mol. The molecule has 7 N–H and O–H groups in total. The van der Waals surface area contributed by atoms with Crippen molar-refractivity contribution >= 4 is 52.2 Å². The number of nitrogens with one attached hydrogen (secondary N) is 4. The third kappa shape index (κ3) is 12.5. The summed E-state index contributed by atoms with van der Waals surface area (Å²) in [5.41, 5.74) is 9.98. The molecule has 1 aliphatic rings. The van der Waals surface area contributed by atoms with Gasteiger partial charge in [-0.1, -0.05) is 37.6 Å². The SMILES string of the molecule is CC.CC(NC(=O)CC(=O)Nc1ccc(C(=N)N)cc1)c1ccc(CC2CCNCC2)c(-c2ccc(Cl)s2)c1.O=C(O)C(F)(F)F. The largest absolute Gasteiger partial charge is 0.490 e. The summed E-state index contributed by atoms with van der Waals surface area (Å²) in [7, 11) is 0. The fourth-order valence-corrected chi connectivity index (χ4v) is 5.68. The molecule has 1 unspecified atom stereocenters. The highest BCUT2D eigenvalue weighted by molar-refractivity contribution is 7.19. The monoisotopic (exact) mass is 681 g/mol. The number of hydrogen-bond donors (Lipinski definition) is 6. The highest BCUT2D eigenvalue weighted by Crippen LogP contribution is 2.36. The van der Waals surface area contributed by atoms with Gasteiger partial charge in [0.25, 0.3) is 0 Å². The van der Waals surface area contributed by atoms with E-state index in [1.807, 2.05) is 26.8 Å². The Morgan fingerprint density at radius 3 is 2.20 bits per heavy atom. The third-order valence-electron chi connectivity index (χ3n) is 6.86. The van der Waals surface area contributed by atoms with Crippen molar-refractivity contribution in [2.24, 2.45) is 11.7 Å². The molecule has 1 aromatic heterocycles. The number of amides is 2. The predicted octanol–water partition coefficient (Wildman–Crippen LogP) is 6.76. The van der Waals surface area contributed by atoms with E-state index < -0.39 is 18.1 Å². The van der Waals surface area contributed by atoms with E-state index in [0.717, 1.165) is 39.9 Å². The summed E-state index contributed by atoms with van der Waals surface area (Å²) >= 11 is 7.81. The number of nitrogens with two attached hydrogens (primary N) is 1. The Kier molecular flexibility index (Phi) is 15.2. The Bertz CT molecular complexity index is 1480. The first-order valence-electron chi connectivity index (χ1n) is 14.7. The van der Waals surface area contributed by atoms with Crippen LogP contribution in [0, 0.1) is 11.3 Å². The van der Waals surface area contributed by atoms with Crippen molar-refractivity contribution in [3.05, 3.63) is 75.6 Å². The van der Waals surface area contributed by atoms with Gasteiger partial charge >= 0.3 is 12.1 Å². The Labute approximate surface area is 275 Å². The van der Waals surface area contributed by atoms with E-state index in [9.17, 15) is 22.8 Å². The van der Waals surface area contributed by atoms with Gasteiger partial charge in [-0.2, -0.15) is 13.2 Å². The van der Waals surface area contributed by atoms with Gasteiger partial charge in [0, 0.05) is 16.1 Å². The number of carboxylic acid groups (broad SMARTS) is 1. The smallest absolute Gasteiger partial charge is 0.475 e. The summed E-state index contributed by atoms with van der Waals surface area (Å²) in [4.78, 5) is 35.0. The number of rotatable bonds is 9. The maximum atomic E-state index is 12.6. The Hall–Kier alpha value is -3.94. The lowest BCUT2D eigenvalue weighted by Crippen LogP contribution is -2.30. The molecule has 1 fully saturated rings. The number of amidine groups is 1. The normalized spacial score (nSPS) is 13.6. The van der Waals surface area contributed by atoms with Crippen LogP contribution in [0.25, 0.3) is 10.4 Å². The molecule has 0 aliphatic carbocycles. The molecule has 46 heavy (non-hydrogen) atoms. The maximum absolute atomic E-state index is 12.6. The molecule has 2 amide bonds. The van der Waals surface area contributed by atoms with Gasteiger partial charge in [-0.25, -0.2) is 4.79 Å². The molecule has 1 aliphatic heterocycles. The number of benzene rings is 2. The first kappa shape index (κ1) is 38.2. The molecule has 9 nitrogen and oxygen atoms in total. The van der Waals surface area contributed by atoms with Gasteiger partial charge in [0.2, 0.25) is 11.8 Å². The van der Waals surface area contributed by atoms with E-state index >= 15 is 0 Å². The zero-order chi connectivity index (χ0) is 34.4. The first-order valence-corrected chi connectivity index (χ1v) is 15.9. The summed E-state index contributed by atoms with van der Waals surface area (Å²) in [5, 5.41) is 23.6. The van der Waals surface area contributed by atoms with Crippen LogP contribution >= 0.6 is 22.9 Å². The minimum Gasteiger partial charge on any atom is -0.475 e. The van der Waals surface area contributed by atoms with Crippen LogP contribution in [0.4, 0.5) is 18.9 Å². The average Bonchev–Trinajstić information content (AvgIpc) is 3.44. The maximum Gasteiger partial charge on any atom is 0.490 e. The third-order valence-corrected chi connectivity index (χ3v) is 8.13.